The van der Waals surface area contributed by atoms with Gasteiger partial charge in [-0.3, -0.25) is 9.59 Å². The van der Waals surface area contributed by atoms with Crippen LogP contribution in [0.25, 0.3) is 0 Å². The molecule has 2 rings (SSSR count). The van der Waals surface area contributed by atoms with Crippen LogP contribution in [0, 0.1) is 12.7 Å². The molecule has 2 amide bonds. The first kappa shape index (κ1) is 14.5. The predicted octanol–water partition coefficient (Wildman–Crippen LogP) is 2.07. The monoisotopic (exact) mass is 287 g/mol. The van der Waals surface area contributed by atoms with Crippen LogP contribution >= 0.6 is 0 Å². The topological polar surface area (TPSA) is 98.2 Å². The van der Waals surface area contributed by atoms with Gasteiger partial charge in [0.05, 0.1) is 5.56 Å². The number of halogens is 1. The van der Waals surface area contributed by atoms with E-state index in [2.05, 4.69) is 5.32 Å². The van der Waals surface area contributed by atoms with Gasteiger partial charge in [0.2, 0.25) is 0 Å². The lowest BCUT2D eigenvalue weighted by Crippen LogP contribution is -2.16. The Morgan fingerprint density at radius 3 is 2.52 bits per heavy atom. The van der Waals surface area contributed by atoms with Crippen molar-refractivity contribution in [3.63, 3.8) is 0 Å². The zero-order chi connectivity index (χ0) is 15.6. The fourth-order valence-electron chi connectivity index (χ4n) is 1.89. The molecule has 5 nitrogen and oxygen atoms in total. The molecule has 5 N–H and O–H groups in total. The Labute approximate surface area is 120 Å². The number of nitrogens with two attached hydrogens (primary N) is 2. The van der Waals surface area contributed by atoms with Crippen molar-refractivity contribution in [2.24, 2.45) is 5.73 Å². The summed E-state index contributed by atoms with van der Waals surface area (Å²) in [5, 5.41) is 2.58. The third-order valence-electron chi connectivity index (χ3n) is 3.11. The number of carbonyl (C=O) groups excluding carboxylic acids is 2. The zero-order valence-electron chi connectivity index (χ0n) is 11.3. The minimum Gasteiger partial charge on any atom is -0.398 e. The summed E-state index contributed by atoms with van der Waals surface area (Å²) < 4.78 is 13.4. The van der Waals surface area contributed by atoms with E-state index in [-0.39, 0.29) is 11.3 Å². The SMILES string of the molecule is Cc1c(N)cccc1C(=O)Nc1ccc(F)c(C(N)=O)c1. The van der Waals surface area contributed by atoms with Gasteiger partial charge in [0.25, 0.3) is 11.8 Å². The second-order valence-corrected chi connectivity index (χ2v) is 4.53. The molecule has 21 heavy (non-hydrogen) atoms. The maximum absolute atomic E-state index is 13.4. The standard InChI is InChI=1S/C15H14FN3O2/c1-8-10(3-2-4-13(8)17)15(21)19-9-5-6-12(16)11(7-9)14(18)20/h2-7H,17H2,1H3,(H2,18,20)(H,19,21). The Balaban J connectivity index is 2.30. The molecule has 2 aromatic rings. The van der Waals surface area contributed by atoms with E-state index < -0.39 is 17.6 Å². The summed E-state index contributed by atoms with van der Waals surface area (Å²) in [6, 6.07) is 8.59. The molecule has 0 aliphatic rings. The van der Waals surface area contributed by atoms with E-state index >= 15 is 0 Å². The van der Waals surface area contributed by atoms with E-state index in [1.54, 1.807) is 25.1 Å². The highest BCUT2D eigenvalue weighted by Gasteiger charge is 2.13. The molecule has 108 valence electrons. The number of hydrogen-bond donors (Lipinski definition) is 3. The average Bonchev–Trinajstić information content (AvgIpc) is 2.43. The molecule has 0 fully saturated rings. The second-order valence-electron chi connectivity index (χ2n) is 4.53. The first-order chi connectivity index (χ1) is 9.90. The number of benzene rings is 2. The van der Waals surface area contributed by atoms with E-state index in [1.165, 1.54) is 12.1 Å². The van der Waals surface area contributed by atoms with Gasteiger partial charge in [-0.15, -0.1) is 0 Å². The first-order valence-electron chi connectivity index (χ1n) is 6.16. The summed E-state index contributed by atoms with van der Waals surface area (Å²) in [5.41, 5.74) is 12.3. The van der Waals surface area contributed by atoms with Gasteiger partial charge in [-0.25, -0.2) is 4.39 Å². The van der Waals surface area contributed by atoms with Crippen molar-refractivity contribution in [2.75, 3.05) is 11.1 Å². The molecule has 0 aliphatic carbocycles. The van der Waals surface area contributed by atoms with E-state index in [4.69, 9.17) is 11.5 Å². The Hall–Kier alpha value is -2.89. The molecule has 0 saturated carbocycles. The average molecular weight is 287 g/mol. The summed E-state index contributed by atoms with van der Waals surface area (Å²) in [5.74, 6) is -2.04. The maximum Gasteiger partial charge on any atom is 0.256 e. The number of hydrogen-bond acceptors (Lipinski definition) is 3. The smallest absolute Gasteiger partial charge is 0.256 e. The third kappa shape index (κ3) is 3.00. The number of primary amides is 1. The molecule has 0 aromatic heterocycles. The minimum atomic E-state index is -0.899. The van der Waals surface area contributed by atoms with Crippen LogP contribution in [0.1, 0.15) is 26.3 Å². The number of nitrogens with one attached hydrogen (secondary N) is 1. The highest BCUT2D eigenvalue weighted by Crippen LogP contribution is 2.19. The lowest BCUT2D eigenvalue weighted by molar-refractivity contribution is 0.0992. The highest BCUT2D eigenvalue weighted by atomic mass is 19.1. The number of amides is 2. The van der Waals surface area contributed by atoms with E-state index in [9.17, 15) is 14.0 Å². The van der Waals surface area contributed by atoms with Crippen LogP contribution in [0.15, 0.2) is 36.4 Å². The Kier molecular flexibility index (Phi) is 3.89. The molecule has 0 spiro atoms. The Morgan fingerprint density at radius 1 is 1.14 bits per heavy atom. The van der Waals surface area contributed by atoms with Crippen molar-refractivity contribution in [1.29, 1.82) is 0 Å². The molecular weight excluding hydrogens is 273 g/mol. The van der Waals surface area contributed by atoms with E-state index in [0.717, 1.165) is 6.07 Å². The number of anilines is 2. The van der Waals surface area contributed by atoms with Crippen molar-refractivity contribution < 1.29 is 14.0 Å². The van der Waals surface area contributed by atoms with E-state index in [0.29, 0.717) is 16.8 Å². The van der Waals surface area contributed by atoms with Gasteiger partial charge >= 0.3 is 0 Å². The quantitative estimate of drug-likeness (QED) is 0.753. The van der Waals surface area contributed by atoms with Crippen LogP contribution < -0.4 is 16.8 Å². The summed E-state index contributed by atoms with van der Waals surface area (Å²) in [6.45, 7) is 1.73. The lowest BCUT2D eigenvalue weighted by Gasteiger charge is -2.10. The van der Waals surface area contributed by atoms with Gasteiger partial charge in [0, 0.05) is 16.9 Å². The van der Waals surface area contributed by atoms with Crippen LogP contribution in [-0.4, -0.2) is 11.8 Å². The van der Waals surface area contributed by atoms with Crippen molar-refractivity contribution >= 4 is 23.2 Å². The summed E-state index contributed by atoms with van der Waals surface area (Å²) in [4.78, 5) is 23.3. The Bertz CT molecular complexity index is 729. The van der Waals surface area contributed by atoms with Crippen molar-refractivity contribution in [3.8, 4) is 0 Å². The third-order valence-corrected chi connectivity index (χ3v) is 3.11. The fourth-order valence-corrected chi connectivity index (χ4v) is 1.89. The van der Waals surface area contributed by atoms with E-state index in [1.807, 2.05) is 0 Å². The number of nitrogen functional groups attached to an aromatic ring is 1. The highest BCUT2D eigenvalue weighted by molar-refractivity contribution is 6.06. The molecule has 0 bridgehead atoms. The molecular formula is C15H14FN3O2. The molecule has 0 saturated heterocycles. The predicted molar refractivity (Wildman–Crippen MR) is 78.5 cm³/mol. The van der Waals surface area contributed by atoms with Gasteiger partial charge < -0.3 is 16.8 Å². The van der Waals surface area contributed by atoms with Crippen LogP contribution in [-0.2, 0) is 0 Å². The maximum atomic E-state index is 13.4. The molecule has 0 heterocycles. The number of rotatable bonds is 3. The lowest BCUT2D eigenvalue weighted by atomic mass is 10.1. The summed E-state index contributed by atoms with van der Waals surface area (Å²) in [7, 11) is 0. The van der Waals surface area contributed by atoms with Gasteiger partial charge in [-0.05, 0) is 42.8 Å². The normalized spacial score (nSPS) is 10.2. The minimum absolute atomic E-state index is 0.275. The molecule has 0 atom stereocenters. The van der Waals surface area contributed by atoms with Gasteiger partial charge in [0.15, 0.2) is 0 Å². The molecule has 0 unspecified atom stereocenters. The van der Waals surface area contributed by atoms with Crippen LogP contribution in [0.2, 0.25) is 0 Å². The van der Waals surface area contributed by atoms with Gasteiger partial charge in [-0.1, -0.05) is 6.07 Å². The Morgan fingerprint density at radius 2 is 1.86 bits per heavy atom. The zero-order valence-corrected chi connectivity index (χ0v) is 11.3. The van der Waals surface area contributed by atoms with Crippen molar-refractivity contribution in [3.05, 3.63) is 58.9 Å². The molecule has 6 heteroatoms. The van der Waals surface area contributed by atoms with Crippen molar-refractivity contribution in [1.82, 2.24) is 0 Å². The van der Waals surface area contributed by atoms with Crippen molar-refractivity contribution in [2.45, 2.75) is 6.92 Å². The molecule has 0 aliphatic heterocycles. The summed E-state index contributed by atoms with van der Waals surface area (Å²) >= 11 is 0. The second kappa shape index (κ2) is 5.62. The fraction of sp³-hybridized carbons (Fsp3) is 0.0667. The van der Waals surface area contributed by atoms with Crippen LogP contribution in [0.3, 0.4) is 0 Å². The first-order valence-corrected chi connectivity index (χ1v) is 6.16. The van der Waals surface area contributed by atoms with Crippen LogP contribution in [0.5, 0.6) is 0 Å². The number of carbonyl (C=O) groups is 2. The van der Waals surface area contributed by atoms with Crippen LogP contribution in [0.4, 0.5) is 15.8 Å². The summed E-state index contributed by atoms with van der Waals surface area (Å²) in [6.07, 6.45) is 0. The molecule has 2 aromatic carbocycles. The van der Waals surface area contributed by atoms with Gasteiger partial charge in [0.1, 0.15) is 5.82 Å². The molecule has 0 radical (unpaired) electrons. The largest absolute Gasteiger partial charge is 0.398 e. The van der Waals surface area contributed by atoms with Gasteiger partial charge in [-0.2, -0.15) is 0 Å².